The fourth-order valence-corrected chi connectivity index (χ4v) is 0. The van der Waals surface area contributed by atoms with Gasteiger partial charge in [0.2, 0.25) is 0 Å². The zero-order chi connectivity index (χ0) is 4.00. The first kappa shape index (κ1) is 20.5. The van der Waals surface area contributed by atoms with Crippen LogP contribution in [-0.2, 0) is 26.2 Å². The molecule has 0 atom stereocenters. The molecule has 0 unspecified atom stereocenters. The van der Waals surface area contributed by atoms with Crippen LogP contribution in [0, 0.1) is 12.1 Å². The largest absolute Gasteiger partial charge is 2.00 e. The molecule has 0 heterocycles. The van der Waals surface area contributed by atoms with E-state index < -0.39 is 0 Å². The minimum atomic E-state index is 0. The molecule has 0 bridgehead atoms. The van der Waals surface area contributed by atoms with Gasteiger partial charge in [-0.25, -0.2) is 0 Å². The van der Waals surface area contributed by atoms with Gasteiger partial charge >= 0.3 is 38.3 Å². The summed E-state index contributed by atoms with van der Waals surface area (Å²) in [5.74, 6) is 0. The van der Waals surface area contributed by atoms with Crippen LogP contribution >= 0.6 is 0 Å². The minimum absolute atomic E-state index is 0. The van der Waals surface area contributed by atoms with Gasteiger partial charge in [-0.3, -0.25) is 0 Å². The second kappa shape index (κ2) is 4780. The standard InChI is InChI=1S/CO.Co.NO/c1-2;;1-2/q;+2;+1. The van der Waals surface area contributed by atoms with Crippen LogP contribution in [0.25, 0.3) is 0 Å². The first-order valence-electron chi connectivity index (χ1n) is 0.387. The summed E-state index contributed by atoms with van der Waals surface area (Å²) in [7, 11) is 0. The van der Waals surface area contributed by atoms with Gasteiger partial charge in [0.05, 0.1) is 0 Å². The Morgan fingerprint density at radius 1 is 1.20 bits per heavy atom. The van der Waals surface area contributed by atoms with Gasteiger partial charge in [0.15, 0.2) is 0 Å². The van der Waals surface area contributed by atoms with Crippen LogP contribution in [0.1, 0.15) is 0 Å². The Balaban J connectivity index is -0.0000000133. The van der Waals surface area contributed by atoms with Gasteiger partial charge in [-0.15, -0.1) is 0 Å². The molecule has 3 nitrogen and oxygen atoms in total. The second-order valence-electron chi connectivity index (χ2n) is 0. The third kappa shape index (κ3) is 2060. The molecule has 27 valence electrons. The Labute approximate surface area is 39.2 Å². The van der Waals surface area contributed by atoms with Crippen molar-refractivity contribution in [3.05, 3.63) is 6.65 Å². The molecular formula is CCoNO2+3. The van der Waals surface area contributed by atoms with Crippen LogP contribution in [-0.4, -0.2) is 0 Å². The molecule has 0 aliphatic rings. The van der Waals surface area contributed by atoms with Gasteiger partial charge in [0.1, 0.15) is 0 Å². The average Bonchev–Trinajstić information content (AvgIpc) is 1.50. The van der Waals surface area contributed by atoms with Crippen LogP contribution in [0.4, 0.5) is 0 Å². The van der Waals surface area contributed by atoms with Gasteiger partial charge in [0.25, 0.3) is 0 Å². The summed E-state index contributed by atoms with van der Waals surface area (Å²) in [6.45, 7) is 4.50. The third-order valence-electron chi connectivity index (χ3n) is 0. The zero-order valence-electron chi connectivity index (χ0n) is 2.10. The second-order valence-corrected chi connectivity index (χ2v) is 0. The summed E-state index contributed by atoms with van der Waals surface area (Å²) in [5.41, 5.74) is 5.75. The van der Waals surface area contributed by atoms with Crippen molar-refractivity contribution < 1.29 is 26.2 Å². The van der Waals surface area contributed by atoms with Crippen molar-refractivity contribution in [1.82, 2.24) is 0 Å². The van der Waals surface area contributed by atoms with E-state index in [0.29, 0.717) is 0 Å². The molecule has 4 heteroatoms. The van der Waals surface area contributed by atoms with E-state index in [1.807, 2.05) is 0 Å². The van der Waals surface area contributed by atoms with E-state index in [2.05, 4.69) is 6.65 Å². The topological polar surface area (TPSA) is 63.6 Å². The Morgan fingerprint density at radius 2 is 1.20 bits per heavy atom. The molecule has 0 fully saturated rings. The monoisotopic (exact) mass is 117 g/mol. The molecule has 0 saturated carbocycles. The van der Waals surface area contributed by atoms with Crippen molar-refractivity contribution >= 4 is 0 Å². The van der Waals surface area contributed by atoms with Crippen LogP contribution in [0.5, 0.6) is 0 Å². The van der Waals surface area contributed by atoms with Gasteiger partial charge in [0, 0.05) is 0 Å². The molecule has 0 amide bonds. The molecule has 0 rings (SSSR count). The number of hydrogen-bond acceptors (Lipinski definition) is 1. The van der Waals surface area contributed by atoms with Crippen molar-refractivity contribution in [1.29, 1.82) is 5.46 Å². The Bertz CT molecular complexity index is 25.1. The summed E-state index contributed by atoms with van der Waals surface area (Å²) in [6, 6.07) is 0. The normalized spacial score (nSPS) is 0.800. The molecule has 0 aliphatic carbocycles. The summed E-state index contributed by atoms with van der Waals surface area (Å²) < 4.78 is 14.8. The van der Waals surface area contributed by atoms with E-state index >= 15 is 0 Å². The molecule has 0 spiro atoms. The first-order valence-corrected chi connectivity index (χ1v) is 0.387. The molecule has 5 heavy (non-hydrogen) atoms. The van der Waals surface area contributed by atoms with Crippen molar-refractivity contribution in [3.8, 4) is 0 Å². The predicted molar refractivity (Wildman–Crippen MR) is 6.34 cm³/mol. The van der Waals surface area contributed by atoms with E-state index in [0.717, 1.165) is 0 Å². The van der Waals surface area contributed by atoms with E-state index in [4.69, 9.17) is 14.9 Å². The van der Waals surface area contributed by atoms with Crippen molar-refractivity contribution in [3.63, 3.8) is 0 Å². The van der Waals surface area contributed by atoms with Crippen molar-refractivity contribution in [2.24, 2.45) is 0 Å². The van der Waals surface area contributed by atoms with Gasteiger partial charge in [-0.05, 0) is 0 Å². The van der Waals surface area contributed by atoms with E-state index in [-0.39, 0.29) is 16.8 Å². The Kier molecular flexibility index (Phi) is 19600. The minimum Gasteiger partial charge on any atom is 2.00 e. The van der Waals surface area contributed by atoms with Gasteiger partial charge in [-0.1, -0.05) is 0 Å². The molecule has 0 saturated heterocycles. The summed E-state index contributed by atoms with van der Waals surface area (Å²) >= 11 is 0. The van der Waals surface area contributed by atoms with Crippen LogP contribution in [0.3, 0.4) is 0 Å². The fourth-order valence-electron chi connectivity index (χ4n) is 0. The number of rotatable bonds is 0. The maximum atomic E-state index is 7.50. The first-order chi connectivity index (χ1) is 2.00. The number of hydrogen-bond donors (Lipinski definition) is 0. The molecule has 0 N–H and O–H groups in total. The van der Waals surface area contributed by atoms with Crippen LogP contribution in [0.15, 0.2) is 0 Å². The Morgan fingerprint density at radius 3 is 1.20 bits per heavy atom. The maximum Gasteiger partial charge on any atom is 2.00 e. The smallest absolute Gasteiger partial charge is 2.00 e. The quantitative estimate of drug-likeness (QED) is 0.321. The zero-order valence-corrected chi connectivity index (χ0v) is 3.14. The summed E-state index contributed by atoms with van der Waals surface area (Å²) in [5, 5.41) is 0. The molecule has 0 aliphatic heterocycles. The molecule has 0 aromatic rings. The van der Waals surface area contributed by atoms with E-state index in [1.54, 1.807) is 0 Å². The van der Waals surface area contributed by atoms with E-state index in [1.165, 1.54) is 0 Å². The number of nitrogens with zero attached hydrogens (tertiary/aromatic N) is 1. The van der Waals surface area contributed by atoms with Crippen LogP contribution in [0.2, 0.25) is 0 Å². The van der Waals surface area contributed by atoms with Crippen molar-refractivity contribution in [2.45, 2.75) is 0 Å². The van der Waals surface area contributed by atoms with E-state index in [9.17, 15) is 0 Å². The van der Waals surface area contributed by atoms with Crippen LogP contribution < -0.4 is 0 Å². The van der Waals surface area contributed by atoms with Gasteiger partial charge in [-0.2, -0.15) is 0 Å². The summed E-state index contributed by atoms with van der Waals surface area (Å²) in [4.78, 5) is 0. The SMILES string of the molecule is N#[O+].[C-]#[O+].[Co+2]. The average molecular weight is 117 g/mol. The molecular weight excluding hydrogens is 117 g/mol. The molecule has 0 aromatic carbocycles. The predicted octanol–water partition coefficient (Wildman–Crippen LogP) is -0.144. The maximum absolute atomic E-state index is 7.50. The Hall–Kier alpha value is -0.0835. The summed E-state index contributed by atoms with van der Waals surface area (Å²) in [6.07, 6.45) is 0. The fraction of sp³-hybridized carbons (Fsp3) is 0. The van der Waals surface area contributed by atoms with Gasteiger partial charge < -0.3 is 0 Å². The molecule has 0 aromatic heterocycles. The third-order valence-corrected chi connectivity index (χ3v) is 0. The molecule has 1 radical (unpaired) electrons. The van der Waals surface area contributed by atoms with Crippen molar-refractivity contribution in [2.75, 3.05) is 0 Å².